The maximum absolute atomic E-state index is 9.67. The molecule has 2 atom stereocenters. The first-order valence-corrected chi connectivity index (χ1v) is 4.83. The molecule has 0 radical (unpaired) electrons. The van der Waals surface area contributed by atoms with E-state index in [1.165, 1.54) is 0 Å². The highest BCUT2D eigenvalue weighted by Gasteiger charge is 2.32. The van der Waals surface area contributed by atoms with Gasteiger partial charge in [-0.15, -0.1) is 0 Å². The molecule has 0 saturated heterocycles. The Labute approximate surface area is 80.0 Å². The van der Waals surface area contributed by atoms with Crippen LogP contribution in [-0.4, -0.2) is 21.9 Å². The Morgan fingerprint density at radius 1 is 1.38 bits per heavy atom. The lowest BCUT2D eigenvalue weighted by Gasteiger charge is -2.13. The maximum Gasteiger partial charge on any atom is 0.119 e. The van der Waals surface area contributed by atoms with Gasteiger partial charge in [-0.3, -0.25) is 0 Å². The van der Waals surface area contributed by atoms with Crippen LogP contribution in [0, 0.1) is 23.7 Å². The SMILES string of the molecule is CC(C#CC(C)(C)O)C(O)C1CC1. The van der Waals surface area contributed by atoms with Crippen molar-refractivity contribution < 1.29 is 10.2 Å². The highest BCUT2D eigenvalue weighted by molar-refractivity contribution is 5.13. The van der Waals surface area contributed by atoms with Crippen LogP contribution in [0.15, 0.2) is 0 Å². The molecule has 0 spiro atoms. The van der Waals surface area contributed by atoms with E-state index >= 15 is 0 Å². The predicted octanol–water partition coefficient (Wildman–Crippen LogP) is 1.17. The molecule has 0 amide bonds. The van der Waals surface area contributed by atoms with Crippen molar-refractivity contribution >= 4 is 0 Å². The molecule has 0 heterocycles. The van der Waals surface area contributed by atoms with Gasteiger partial charge in [-0.25, -0.2) is 0 Å². The van der Waals surface area contributed by atoms with Crippen LogP contribution in [0.5, 0.6) is 0 Å². The monoisotopic (exact) mass is 182 g/mol. The van der Waals surface area contributed by atoms with Gasteiger partial charge in [0.1, 0.15) is 5.60 Å². The van der Waals surface area contributed by atoms with Gasteiger partial charge in [-0.05, 0) is 39.5 Å². The van der Waals surface area contributed by atoms with E-state index in [0.717, 1.165) is 12.8 Å². The van der Waals surface area contributed by atoms with Crippen molar-refractivity contribution in [2.75, 3.05) is 0 Å². The van der Waals surface area contributed by atoms with Gasteiger partial charge in [-0.2, -0.15) is 0 Å². The third kappa shape index (κ3) is 3.80. The summed E-state index contributed by atoms with van der Waals surface area (Å²) in [6.07, 6.45) is 1.93. The number of aliphatic hydroxyl groups is 2. The summed E-state index contributed by atoms with van der Waals surface area (Å²) in [6, 6.07) is 0. The molecule has 0 aromatic carbocycles. The van der Waals surface area contributed by atoms with Gasteiger partial charge in [0.2, 0.25) is 0 Å². The minimum absolute atomic E-state index is 0.0288. The molecular weight excluding hydrogens is 164 g/mol. The zero-order valence-electron chi connectivity index (χ0n) is 8.54. The fourth-order valence-electron chi connectivity index (χ4n) is 1.22. The molecule has 1 saturated carbocycles. The Balaban J connectivity index is 2.46. The minimum Gasteiger partial charge on any atom is -0.392 e. The van der Waals surface area contributed by atoms with Crippen LogP contribution in [0.25, 0.3) is 0 Å². The Kier molecular flexibility index (Phi) is 3.00. The average Bonchev–Trinajstić information content (AvgIpc) is 2.79. The first-order valence-electron chi connectivity index (χ1n) is 4.83. The van der Waals surface area contributed by atoms with E-state index in [1.54, 1.807) is 13.8 Å². The summed E-state index contributed by atoms with van der Waals surface area (Å²) >= 11 is 0. The van der Waals surface area contributed by atoms with Crippen LogP contribution >= 0.6 is 0 Å². The van der Waals surface area contributed by atoms with Crippen molar-refractivity contribution in [3.63, 3.8) is 0 Å². The molecule has 1 rings (SSSR count). The standard InChI is InChI=1S/C11H18O2/c1-8(6-7-11(2,3)13)10(12)9-4-5-9/h8-10,12-13H,4-5H2,1-3H3. The van der Waals surface area contributed by atoms with E-state index in [0.29, 0.717) is 5.92 Å². The van der Waals surface area contributed by atoms with E-state index in [2.05, 4.69) is 11.8 Å². The van der Waals surface area contributed by atoms with Crippen molar-refractivity contribution in [2.45, 2.75) is 45.3 Å². The molecule has 1 aliphatic carbocycles. The summed E-state index contributed by atoms with van der Waals surface area (Å²) in [5.74, 6) is 6.05. The first-order chi connectivity index (χ1) is 5.90. The summed E-state index contributed by atoms with van der Waals surface area (Å²) < 4.78 is 0. The van der Waals surface area contributed by atoms with Crippen molar-refractivity contribution in [1.29, 1.82) is 0 Å². The normalized spacial score (nSPS) is 21.6. The van der Waals surface area contributed by atoms with E-state index in [-0.39, 0.29) is 12.0 Å². The lowest BCUT2D eigenvalue weighted by Crippen LogP contribution is -2.20. The van der Waals surface area contributed by atoms with Crippen molar-refractivity contribution in [3.05, 3.63) is 0 Å². The number of aliphatic hydroxyl groups excluding tert-OH is 1. The predicted molar refractivity (Wildman–Crippen MR) is 52.0 cm³/mol. The van der Waals surface area contributed by atoms with Crippen molar-refractivity contribution in [1.82, 2.24) is 0 Å². The molecular formula is C11H18O2. The van der Waals surface area contributed by atoms with Gasteiger partial charge < -0.3 is 10.2 Å². The molecule has 2 unspecified atom stereocenters. The molecule has 1 fully saturated rings. The van der Waals surface area contributed by atoms with Gasteiger partial charge in [0.25, 0.3) is 0 Å². The lowest BCUT2D eigenvalue weighted by atomic mass is 10.00. The van der Waals surface area contributed by atoms with Crippen LogP contribution in [0.3, 0.4) is 0 Å². The lowest BCUT2D eigenvalue weighted by molar-refractivity contribution is 0.117. The zero-order chi connectivity index (χ0) is 10.1. The summed E-state index contributed by atoms with van der Waals surface area (Å²) in [6.45, 7) is 5.20. The highest BCUT2D eigenvalue weighted by Crippen LogP contribution is 2.35. The van der Waals surface area contributed by atoms with Gasteiger partial charge >= 0.3 is 0 Å². The highest BCUT2D eigenvalue weighted by atomic mass is 16.3. The average molecular weight is 182 g/mol. The second kappa shape index (κ2) is 3.69. The number of hydrogen-bond acceptors (Lipinski definition) is 2. The first kappa shape index (κ1) is 10.6. The Morgan fingerprint density at radius 3 is 2.31 bits per heavy atom. The molecule has 0 bridgehead atoms. The van der Waals surface area contributed by atoms with E-state index in [4.69, 9.17) is 0 Å². The smallest absolute Gasteiger partial charge is 0.119 e. The molecule has 0 aliphatic heterocycles. The molecule has 2 heteroatoms. The fraction of sp³-hybridized carbons (Fsp3) is 0.818. The van der Waals surface area contributed by atoms with Crippen LogP contribution < -0.4 is 0 Å². The van der Waals surface area contributed by atoms with Gasteiger partial charge in [0.05, 0.1) is 6.10 Å². The van der Waals surface area contributed by atoms with E-state index < -0.39 is 5.60 Å². The third-order valence-corrected chi connectivity index (χ3v) is 2.22. The molecule has 13 heavy (non-hydrogen) atoms. The van der Waals surface area contributed by atoms with Gasteiger partial charge in [-0.1, -0.05) is 11.8 Å². The second-order valence-corrected chi connectivity index (χ2v) is 4.45. The van der Waals surface area contributed by atoms with Crippen LogP contribution in [0.2, 0.25) is 0 Å². The zero-order valence-corrected chi connectivity index (χ0v) is 8.54. The van der Waals surface area contributed by atoms with Crippen molar-refractivity contribution in [2.24, 2.45) is 11.8 Å². The van der Waals surface area contributed by atoms with Crippen LogP contribution in [0.4, 0.5) is 0 Å². The fourth-order valence-corrected chi connectivity index (χ4v) is 1.22. The Hall–Kier alpha value is -0.520. The third-order valence-electron chi connectivity index (χ3n) is 2.22. The summed E-state index contributed by atoms with van der Waals surface area (Å²) in [5, 5.41) is 19.0. The quantitative estimate of drug-likeness (QED) is 0.629. The molecule has 74 valence electrons. The molecule has 1 aliphatic rings. The number of rotatable bonds is 2. The minimum atomic E-state index is -0.947. The topological polar surface area (TPSA) is 40.5 Å². The van der Waals surface area contributed by atoms with Crippen molar-refractivity contribution in [3.8, 4) is 11.8 Å². The van der Waals surface area contributed by atoms with E-state index in [1.807, 2.05) is 6.92 Å². The van der Waals surface area contributed by atoms with Gasteiger partial charge in [0.15, 0.2) is 0 Å². The van der Waals surface area contributed by atoms with Gasteiger partial charge in [0, 0.05) is 5.92 Å². The largest absolute Gasteiger partial charge is 0.392 e. The summed E-state index contributed by atoms with van der Waals surface area (Å²) in [7, 11) is 0. The van der Waals surface area contributed by atoms with E-state index in [9.17, 15) is 10.2 Å². The Bertz CT molecular complexity index is 225. The molecule has 2 nitrogen and oxygen atoms in total. The maximum atomic E-state index is 9.67. The molecule has 0 aromatic heterocycles. The Morgan fingerprint density at radius 2 is 1.92 bits per heavy atom. The summed E-state index contributed by atoms with van der Waals surface area (Å²) in [4.78, 5) is 0. The molecule has 2 N–H and O–H groups in total. The number of hydrogen-bond donors (Lipinski definition) is 2. The van der Waals surface area contributed by atoms with Crippen LogP contribution in [-0.2, 0) is 0 Å². The second-order valence-electron chi connectivity index (χ2n) is 4.45. The van der Waals surface area contributed by atoms with Crippen LogP contribution in [0.1, 0.15) is 33.6 Å². The molecule has 0 aromatic rings. The summed E-state index contributed by atoms with van der Waals surface area (Å²) in [5.41, 5.74) is -0.947.